The summed E-state index contributed by atoms with van der Waals surface area (Å²) in [6.45, 7) is 5.60. The summed E-state index contributed by atoms with van der Waals surface area (Å²) >= 11 is 0. The molecule has 0 radical (unpaired) electrons. The van der Waals surface area contributed by atoms with Crippen LogP contribution >= 0.6 is 0 Å². The normalized spacial score (nSPS) is 12.2. The highest BCUT2D eigenvalue weighted by atomic mass is 19.1. The second-order valence-electron chi connectivity index (χ2n) is 3.96. The molecule has 0 amide bonds. The van der Waals surface area contributed by atoms with Crippen molar-refractivity contribution in [3.8, 4) is 0 Å². The first-order chi connectivity index (χ1) is 7.54. The van der Waals surface area contributed by atoms with Gasteiger partial charge in [-0.15, -0.1) is 0 Å². The zero-order valence-electron chi connectivity index (χ0n) is 9.92. The third-order valence-electron chi connectivity index (χ3n) is 2.41. The maximum atomic E-state index is 12.8. The molecule has 0 heterocycles. The highest BCUT2D eigenvalue weighted by Crippen LogP contribution is 2.13. The average Bonchev–Trinajstić information content (AvgIpc) is 2.17. The minimum Gasteiger partial charge on any atom is -0.459 e. The van der Waals surface area contributed by atoms with Gasteiger partial charge in [-0.25, -0.2) is 9.18 Å². The number of rotatable bonds is 4. The molecule has 0 aromatic heterocycles. The van der Waals surface area contributed by atoms with Gasteiger partial charge >= 0.3 is 5.97 Å². The molecular weight excluding hydrogens is 207 g/mol. The number of halogens is 1. The standard InChI is InChI=1S/C13H17FO2/c1-4-5-10(3)16-13(15)12-7-6-11(14)8-9(12)2/h6-8,10H,4-5H2,1-3H3. The Hall–Kier alpha value is -1.38. The largest absolute Gasteiger partial charge is 0.459 e. The van der Waals surface area contributed by atoms with E-state index >= 15 is 0 Å². The molecular formula is C13H17FO2. The van der Waals surface area contributed by atoms with Crippen molar-refractivity contribution in [3.63, 3.8) is 0 Å². The second kappa shape index (κ2) is 5.64. The Kier molecular flexibility index (Phi) is 4.47. The number of carbonyl (C=O) groups excluding carboxylic acids is 1. The molecule has 1 unspecified atom stereocenters. The van der Waals surface area contributed by atoms with E-state index in [0.29, 0.717) is 11.1 Å². The molecule has 0 bridgehead atoms. The van der Waals surface area contributed by atoms with Crippen molar-refractivity contribution in [3.05, 3.63) is 35.1 Å². The predicted octanol–water partition coefficient (Wildman–Crippen LogP) is 3.48. The number of carbonyl (C=O) groups is 1. The van der Waals surface area contributed by atoms with E-state index in [9.17, 15) is 9.18 Å². The summed E-state index contributed by atoms with van der Waals surface area (Å²) in [7, 11) is 0. The third kappa shape index (κ3) is 3.33. The molecule has 0 aliphatic heterocycles. The van der Waals surface area contributed by atoms with Crippen molar-refractivity contribution in [2.75, 3.05) is 0 Å². The maximum absolute atomic E-state index is 12.8. The molecule has 2 nitrogen and oxygen atoms in total. The molecule has 1 aromatic rings. The fourth-order valence-corrected chi connectivity index (χ4v) is 1.57. The quantitative estimate of drug-likeness (QED) is 0.732. The van der Waals surface area contributed by atoms with Crippen LogP contribution in [0.5, 0.6) is 0 Å². The molecule has 88 valence electrons. The molecule has 0 saturated carbocycles. The lowest BCUT2D eigenvalue weighted by molar-refractivity contribution is 0.0322. The molecule has 1 aromatic carbocycles. The molecule has 0 fully saturated rings. The molecule has 0 aliphatic rings. The summed E-state index contributed by atoms with van der Waals surface area (Å²) in [6, 6.07) is 4.07. The van der Waals surface area contributed by atoms with Crippen LogP contribution in [0.3, 0.4) is 0 Å². The van der Waals surface area contributed by atoms with E-state index in [-0.39, 0.29) is 17.9 Å². The van der Waals surface area contributed by atoms with Crippen LogP contribution in [0.2, 0.25) is 0 Å². The van der Waals surface area contributed by atoms with Gasteiger partial charge in [0.25, 0.3) is 0 Å². The van der Waals surface area contributed by atoms with Crippen LogP contribution < -0.4 is 0 Å². The first-order valence-electron chi connectivity index (χ1n) is 5.51. The monoisotopic (exact) mass is 224 g/mol. The number of hydrogen-bond acceptors (Lipinski definition) is 2. The lowest BCUT2D eigenvalue weighted by Crippen LogP contribution is -2.15. The molecule has 0 N–H and O–H groups in total. The van der Waals surface area contributed by atoms with Gasteiger partial charge in [0.1, 0.15) is 5.82 Å². The van der Waals surface area contributed by atoms with Gasteiger partial charge in [0.15, 0.2) is 0 Å². The first-order valence-corrected chi connectivity index (χ1v) is 5.51. The van der Waals surface area contributed by atoms with Crippen molar-refractivity contribution in [2.24, 2.45) is 0 Å². The molecule has 16 heavy (non-hydrogen) atoms. The molecule has 3 heteroatoms. The predicted molar refractivity (Wildman–Crippen MR) is 60.9 cm³/mol. The van der Waals surface area contributed by atoms with Gasteiger partial charge in [0.2, 0.25) is 0 Å². The fourth-order valence-electron chi connectivity index (χ4n) is 1.57. The smallest absolute Gasteiger partial charge is 0.338 e. The van der Waals surface area contributed by atoms with E-state index in [1.165, 1.54) is 18.2 Å². The Bertz CT molecular complexity index is 374. The summed E-state index contributed by atoms with van der Waals surface area (Å²) in [6.07, 6.45) is 1.71. The molecule has 1 rings (SSSR count). The highest BCUT2D eigenvalue weighted by Gasteiger charge is 2.13. The SMILES string of the molecule is CCCC(C)OC(=O)c1ccc(F)cc1C. The van der Waals surface area contributed by atoms with Crippen molar-refractivity contribution in [2.45, 2.75) is 39.7 Å². The fraction of sp³-hybridized carbons (Fsp3) is 0.462. The number of aryl methyl sites for hydroxylation is 1. The minimum atomic E-state index is -0.376. The van der Waals surface area contributed by atoms with Crippen LogP contribution in [0.1, 0.15) is 42.6 Å². The Balaban J connectivity index is 2.73. The van der Waals surface area contributed by atoms with Crippen molar-refractivity contribution in [1.29, 1.82) is 0 Å². The lowest BCUT2D eigenvalue weighted by Gasteiger charge is -2.13. The van der Waals surface area contributed by atoms with Crippen LogP contribution in [-0.4, -0.2) is 12.1 Å². The summed E-state index contributed by atoms with van der Waals surface area (Å²) in [4.78, 5) is 11.7. The molecule has 0 aliphatic carbocycles. The molecule has 0 spiro atoms. The maximum Gasteiger partial charge on any atom is 0.338 e. The molecule has 1 atom stereocenters. The topological polar surface area (TPSA) is 26.3 Å². The van der Waals surface area contributed by atoms with E-state index in [1.807, 2.05) is 13.8 Å². The van der Waals surface area contributed by atoms with Gasteiger partial charge in [-0.05, 0) is 44.0 Å². The van der Waals surface area contributed by atoms with Gasteiger partial charge in [0.05, 0.1) is 11.7 Å². The zero-order chi connectivity index (χ0) is 12.1. The third-order valence-corrected chi connectivity index (χ3v) is 2.41. The van der Waals surface area contributed by atoms with Crippen LogP contribution in [0.25, 0.3) is 0 Å². The van der Waals surface area contributed by atoms with Crippen LogP contribution in [0, 0.1) is 12.7 Å². The van der Waals surface area contributed by atoms with Crippen molar-refractivity contribution >= 4 is 5.97 Å². The second-order valence-corrected chi connectivity index (χ2v) is 3.96. The van der Waals surface area contributed by atoms with E-state index in [2.05, 4.69) is 0 Å². The van der Waals surface area contributed by atoms with E-state index in [0.717, 1.165) is 12.8 Å². The Morgan fingerprint density at radius 1 is 1.50 bits per heavy atom. The number of esters is 1. The van der Waals surface area contributed by atoms with Crippen LogP contribution in [0.4, 0.5) is 4.39 Å². The average molecular weight is 224 g/mol. The summed E-state index contributed by atoms with van der Waals surface area (Å²) in [5.41, 5.74) is 1.04. The number of hydrogen-bond donors (Lipinski definition) is 0. The minimum absolute atomic E-state index is 0.0954. The summed E-state index contributed by atoms with van der Waals surface area (Å²) < 4.78 is 18.1. The van der Waals surface area contributed by atoms with Crippen molar-refractivity contribution in [1.82, 2.24) is 0 Å². The number of benzene rings is 1. The zero-order valence-corrected chi connectivity index (χ0v) is 9.92. The van der Waals surface area contributed by atoms with E-state index < -0.39 is 0 Å². The van der Waals surface area contributed by atoms with Crippen LogP contribution in [0.15, 0.2) is 18.2 Å². The summed E-state index contributed by atoms with van der Waals surface area (Å²) in [5, 5.41) is 0. The highest BCUT2D eigenvalue weighted by molar-refractivity contribution is 5.91. The Morgan fingerprint density at radius 2 is 2.19 bits per heavy atom. The van der Waals surface area contributed by atoms with Gasteiger partial charge in [-0.1, -0.05) is 13.3 Å². The van der Waals surface area contributed by atoms with E-state index in [4.69, 9.17) is 4.74 Å². The first kappa shape index (κ1) is 12.7. The Morgan fingerprint density at radius 3 is 2.75 bits per heavy atom. The van der Waals surface area contributed by atoms with Gasteiger partial charge in [-0.2, -0.15) is 0 Å². The van der Waals surface area contributed by atoms with Gasteiger partial charge in [0, 0.05) is 0 Å². The molecule has 0 saturated heterocycles. The van der Waals surface area contributed by atoms with Gasteiger partial charge in [-0.3, -0.25) is 0 Å². The van der Waals surface area contributed by atoms with Crippen LogP contribution in [-0.2, 0) is 4.74 Å². The Labute approximate surface area is 95.4 Å². The van der Waals surface area contributed by atoms with E-state index in [1.54, 1.807) is 6.92 Å². The summed E-state index contributed by atoms with van der Waals surface area (Å²) in [5.74, 6) is -0.714. The number of ether oxygens (including phenoxy) is 1. The van der Waals surface area contributed by atoms with Gasteiger partial charge < -0.3 is 4.74 Å². The lowest BCUT2D eigenvalue weighted by atomic mass is 10.1. The van der Waals surface area contributed by atoms with Crippen molar-refractivity contribution < 1.29 is 13.9 Å².